The van der Waals surface area contributed by atoms with Crippen LogP contribution in [0.4, 0.5) is 11.7 Å². The van der Waals surface area contributed by atoms with Gasteiger partial charge in [-0.2, -0.15) is 0 Å². The zero-order valence-electron chi connectivity index (χ0n) is 11.5. The number of nitrogens with one attached hydrogen (secondary N) is 1. The third kappa shape index (κ3) is 3.61. The zero-order valence-corrected chi connectivity index (χ0v) is 12.3. The Hall–Kier alpha value is -2.33. The first-order valence-electron chi connectivity index (χ1n) is 6.59. The molecule has 0 saturated heterocycles. The molecule has 2 aromatic carbocycles. The van der Waals surface area contributed by atoms with E-state index in [1.165, 1.54) is 5.56 Å². The summed E-state index contributed by atoms with van der Waals surface area (Å²) in [6.07, 6.45) is 0.583. The molecule has 0 atom stereocenters. The monoisotopic (exact) mass is 299 g/mol. The molecule has 0 unspecified atom stereocenters. The summed E-state index contributed by atoms with van der Waals surface area (Å²) in [5, 5.41) is 11.9. The van der Waals surface area contributed by atoms with Crippen LogP contribution < -0.4 is 5.32 Å². The molecule has 106 valence electrons. The topological polar surface area (TPSA) is 51.0 Å². The molecule has 21 heavy (non-hydrogen) atoms. The van der Waals surface area contributed by atoms with E-state index in [4.69, 9.17) is 16.0 Å². The lowest BCUT2D eigenvalue weighted by atomic mass is 10.1. The highest BCUT2D eigenvalue weighted by Crippen LogP contribution is 2.18. The van der Waals surface area contributed by atoms with E-state index in [1.807, 2.05) is 55.5 Å². The van der Waals surface area contributed by atoms with Gasteiger partial charge in [-0.25, -0.2) is 0 Å². The van der Waals surface area contributed by atoms with Gasteiger partial charge in [0.25, 0.3) is 0 Å². The number of nitrogens with zero attached hydrogens (tertiary/aromatic N) is 2. The van der Waals surface area contributed by atoms with Crippen molar-refractivity contribution in [2.24, 2.45) is 0 Å². The first-order chi connectivity index (χ1) is 10.2. The Morgan fingerprint density at radius 1 is 1.10 bits per heavy atom. The minimum Gasteiger partial charge on any atom is -0.408 e. The number of aryl methyl sites for hydroxylation is 1. The van der Waals surface area contributed by atoms with Crippen LogP contribution in [0.1, 0.15) is 17.0 Å². The summed E-state index contributed by atoms with van der Waals surface area (Å²) in [6, 6.07) is 16.0. The molecule has 0 fully saturated rings. The van der Waals surface area contributed by atoms with Crippen molar-refractivity contribution >= 4 is 23.3 Å². The standard InChI is InChI=1S/C16H14ClN3O/c1-11-3-2-4-14(9-11)18-16-20-19-15(21-16)10-12-5-7-13(17)8-6-12/h2-9H,10H2,1H3,(H,18,20). The number of hydrogen-bond acceptors (Lipinski definition) is 4. The minimum atomic E-state index is 0.393. The predicted octanol–water partition coefficient (Wildman–Crippen LogP) is 4.37. The van der Waals surface area contributed by atoms with Crippen molar-refractivity contribution in [1.82, 2.24) is 10.2 Å². The SMILES string of the molecule is Cc1cccc(Nc2nnc(Cc3ccc(Cl)cc3)o2)c1. The average molecular weight is 300 g/mol. The van der Waals surface area contributed by atoms with Crippen LogP contribution in [0.5, 0.6) is 0 Å². The van der Waals surface area contributed by atoms with E-state index in [2.05, 4.69) is 15.5 Å². The molecule has 0 amide bonds. The molecule has 1 N–H and O–H groups in total. The van der Waals surface area contributed by atoms with Gasteiger partial charge in [0.15, 0.2) is 0 Å². The van der Waals surface area contributed by atoms with Crippen LogP contribution in [0, 0.1) is 6.92 Å². The highest BCUT2D eigenvalue weighted by atomic mass is 35.5. The van der Waals surface area contributed by atoms with Gasteiger partial charge < -0.3 is 9.73 Å². The Balaban J connectivity index is 1.70. The highest BCUT2D eigenvalue weighted by molar-refractivity contribution is 6.30. The van der Waals surface area contributed by atoms with Crippen LogP contribution >= 0.6 is 11.6 Å². The molecule has 0 bridgehead atoms. The van der Waals surface area contributed by atoms with Gasteiger partial charge in [0.1, 0.15) is 0 Å². The van der Waals surface area contributed by atoms with Crippen LogP contribution in [0.3, 0.4) is 0 Å². The molecule has 0 radical (unpaired) electrons. The first-order valence-corrected chi connectivity index (χ1v) is 6.97. The maximum absolute atomic E-state index is 5.86. The third-order valence-corrected chi connectivity index (χ3v) is 3.26. The minimum absolute atomic E-state index is 0.393. The fourth-order valence-electron chi connectivity index (χ4n) is 2.00. The second-order valence-electron chi connectivity index (χ2n) is 4.80. The van der Waals surface area contributed by atoms with Gasteiger partial charge in [0, 0.05) is 10.7 Å². The molecule has 3 aromatic rings. The first kappa shape index (κ1) is 13.6. The molecule has 1 heterocycles. The van der Waals surface area contributed by atoms with Crippen molar-refractivity contribution in [1.29, 1.82) is 0 Å². The van der Waals surface area contributed by atoms with Crippen LogP contribution in [-0.4, -0.2) is 10.2 Å². The number of rotatable bonds is 4. The van der Waals surface area contributed by atoms with Gasteiger partial charge in [-0.15, -0.1) is 5.10 Å². The second-order valence-corrected chi connectivity index (χ2v) is 5.24. The van der Waals surface area contributed by atoms with Crippen LogP contribution in [0.15, 0.2) is 52.9 Å². The van der Waals surface area contributed by atoms with Crippen LogP contribution in [0.25, 0.3) is 0 Å². The Bertz CT molecular complexity index is 737. The van der Waals surface area contributed by atoms with E-state index in [0.717, 1.165) is 11.3 Å². The van der Waals surface area contributed by atoms with Crippen molar-refractivity contribution in [3.63, 3.8) is 0 Å². The Labute approximate surface area is 127 Å². The van der Waals surface area contributed by atoms with Crippen molar-refractivity contribution in [2.45, 2.75) is 13.3 Å². The molecule has 5 heteroatoms. The fourth-order valence-corrected chi connectivity index (χ4v) is 2.12. The average Bonchev–Trinajstić information content (AvgIpc) is 2.89. The number of halogens is 1. The van der Waals surface area contributed by atoms with Crippen molar-refractivity contribution in [2.75, 3.05) is 5.32 Å². The molecule has 4 nitrogen and oxygen atoms in total. The molecule has 0 aliphatic carbocycles. The Morgan fingerprint density at radius 2 is 1.90 bits per heavy atom. The zero-order chi connectivity index (χ0) is 14.7. The summed E-state index contributed by atoms with van der Waals surface area (Å²) >= 11 is 5.86. The van der Waals surface area contributed by atoms with Gasteiger partial charge in [0.05, 0.1) is 6.42 Å². The Kier molecular flexibility index (Phi) is 3.88. The predicted molar refractivity (Wildman–Crippen MR) is 83.0 cm³/mol. The van der Waals surface area contributed by atoms with Crippen molar-refractivity contribution in [3.8, 4) is 0 Å². The fraction of sp³-hybridized carbons (Fsp3) is 0.125. The maximum atomic E-state index is 5.86. The molecular weight excluding hydrogens is 286 g/mol. The molecule has 1 aromatic heterocycles. The second kappa shape index (κ2) is 5.97. The van der Waals surface area contributed by atoms with Crippen LogP contribution in [-0.2, 0) is 6.42 Å². The van der Waals surface area contributed by atoms with Gasteiger partial charge in [-0.1, -0.05) is 41.0 Å². The maximum Gasteiger partial charge on any atom is 0.320 e. The number of benzene rings is 2. The van der Waals surface area contributed by atoms with E-state index in [-0.39, 0.29) is 0 Å². The summed E-state index contributed by atoms with van der Waals surface area (Å²) in [4.78, 5) is 0. The summed E-state index contributed by atoms with van der Waals surface area (Å²) < 4.78 is 5.60. The third-order valence-electron chi connectivity index (χ3n) is 3.00. The van der Waals surface area contributed by atoms with E-state index in [0.29, 0.717) is 23.3 Å². The van der Waals surface area contributed by atoms with Gasteiger partial charge >= 0.3 is 6.01 Å². The Morgan fingerprint density at radius 3 is 2.67 bits per heavy atom. The quantitative estimate of drug-likeness (QED) is 0.777. The number of aromatic nitrogens is 2. The van der Waals surface area contributed by atoms with E-state index >= 15 is 0 Å². The summed E-state index contributed by atoms with van der Waals surface area (Å²) in [6.45, 7) is 2.03. The lowest BCUT2D eigenvalue weighted by Gasteiger charge is -2.01. The molecule has 3 rings (SSSR count). The molecule has 0 spiro atoms. The molecular formula is C16H14ClN3O. The van der Waals surface area contributed by atoms with Gasteiger partial charge in [-0.3, -0.25) is 0 Å². The van der Waals surface area contributed by atoms with Crippen molar-refractivity contribution < 1.29 is 4.42 Å². The number of anilines is 2. The molecule has 0 saturated carbocycles. The lowest BCUT2D eigenvalue weighted by Crippen LogP contribution is -1.90. The summed E-state index contributed by atoms with van der Waals surface area (Å²) in [5.74, 6) is 0.562. The van der Waals surface area contributed by atoms with Gasteiger partial charge in [-0.05, 0) is 42.3 Å². The highest BCUT2D eigenvalue weighted by Gasteiger charge is 2.07. The summed E-state index contributed by atoms with van der Waals surface area (Å²) in [5.41, 5.74) is 3.17. The normalized spacial score (nSPS) is 10.6. The van der Waals surface area contributed by atoms with E-state index in [9.17, 15) is 0 Å². The van der Waals surface area contributed by atoms with Crippen LogP contribution in [0.2, 0.25) is 5.02 Å². The van der Waals surface area contributed by atoms with Gasteiger partial charge in [0.2, 0.25) is 5.89 Å². The van der Waals surface area contributed by atoms with E-state index < -0.39 is 0 Å². The lowest BCUT2D eigenvalue weighted by molar-refractivity contribution is 0.521. The largest absolute Gasteiger partial charge is 0.408 e. The van der Waals surface area contributed by atoms with Crippen molar-refractivity contribution in [3.05, 3.63) is 70.6 Å². The molecule has 0 aliphatic heterocycles. The number of hydrogen-bond donors (Lipinski definition) is 1. The van der Waals surface area contributed by atoms with E-state index in [1.54, 1.807) is 0 Å². The smallest absolute Gasteiger partial charge is 0.320 e. The molecule has 0 aliphatic rings. The summed E-state index contributed by atoms with van der Waals surface area (Å²) in [7, 11) is 0.